The third kappa shape index (κ3) is 4.35. The number of rotatable bonds is 7. The van der Waals surface area contributed by atoms with E-state index in [9.17, 15) is 9.90 Å². The Morgan fingerprint density at radius 2 is 2.00 bits per heavy atom. The van der Waals surface area contributed by atoms with Crippen LogP contribution in [0, 0.1) is 5.92 Å². The molecule has 1 heterocycles. The van der Waals surface area contributed by atoms with Gasteiger partial charge in [0.25, 0.3) is 0 Å². The summed E-state index contributed by atoms with van der Waals surface area (Å²) in [6.45, 7) is 4.64. The summed E-state index contributed by atoms with van der Waals surface area (Å²) >= 11 is 0. The highest BCUT2D eigenvalue weighted by Crippen LogP contribution is 2.26. The van der Waals surface area contributed by atoms with E-state index in [1.165, 1.54) is 0 Å². The topological polar surface area (TPSA) is 79.2 Å². The highest BCUT2D eigenvalue weighted by Gasteiger charge is 2.32. The summed E-state index contributed by atoms with van der Waals surface area (Å²) in [5.74, 6) is -0.162. The van der Waals surface area contributed by atoms with Gasteiger partial charge in [-0.1, -0.05) is 12.1 Å². The zero-order valence-corrected chi connectivity index (χ0v) is 12.8. The van der Waals surface area contributed by atoms with E-state index in [1.54, 1.807) is 0 Å². The van der Waals surface area contributed by atoms with Gasteiger partial charge >= 0.3 is 5.97 Å². The molecule has 2 atom stereocenters. The van der Waals surface area contributed by atoms with E-state index in [1.807, 2.05) is 36.1 Å². The van der Waals surface area contributed by atoms with Crippen LogP contribution in [0.4, 0.5) is 0 Å². The molecule has 0 aromatic heterocycles. The van der Waals surface area contributed by atoms with Crippen molar-refractivity contribution in [3.8, 4) is 11.5 Å². The number of aliphatic hydroxyl groups excluding tert-OH is 1. The van der Waals surface area contributed by atoms with Gasteiger partial charge in [-0.05, 0) is 32.0 Å². The van der Waals surface area contributed by atoms with E-state index in [2.05, 4.69) is 0 Å². The normalized spacial score (nSPS) is 22.3. The van der Waals surface area contributed by atoms with Gasteiger partial charge in [-0.25, -0.2) is 0 Å². The lowest BCUT2D eigenvalue weighted by Crippen LogP contribution is -2.47. The van der Waals surface area contributed by atoms with Crippen molar-refractivity contribution in [3.63, 3.8) is 0 Å². The van der Waals surface area contributed by atoms with Crippen LogP contribution in [0.5, 0.6) is 11.5 Å². The fourth-order valence-electron chi connectivity index (χ4n) is 2.62. The van der Waals surface area contributed by atoms with Crippen molar-refractivity contribution in [2.24, 2.45) is 5.92 Å². The number of hydrogen-bond acceptors (Lipinski definition) is 5. The molecule has 22 heavy (non-hydrogen) atoms. The van der Waals surface area contributed by atoms with E-state index in [4.69, 9.17) is 14.6 Å². The van der Waals surface area contributed by atoms with Crippen LogP contribution in [0.15, 0.2) is 24.3 Å². The van der Waals surface area contributed by atoms with Gasteiger partial charge < -0.3 is 19.7 Å². The molecular weight excluding hydrogens is 286 g/mol. The Labute approximate surface area is 130 Å². The Morgan fingerprint density at radius 1 is 1.32 bits per heavy atom. The van der Waals surface area contributed by atoms with Crippen LogP contribution in [-0.4, -0.2) is 60.0 Å². The van der Waals surface area contributed by atoms with Crippen LogP contribution in [0.3, 0.4) is 0 Å². The first kappa shape index (κ1) is 16.6. The highest BCUT2D eigenvalue weighted by atomic mass is 16.5. The minimum absolute atomic E-state index is 0.368. The molecule has 0 bridgehead atoms. The second kappa shape index (κ2) is 8.00. The SMILES string of the molecule is CCOc1ccccc1OCCN1CC[C@H](C(=O)O)[C@H](O)C1. The molecule has 2 rings (SSSR count). The highest BCUT2D eigenvalue weighted by molar-refractivity contribution is 5.70. The molecule has 6 nitrogen and oxygen atoms in total. The van der Waals surface area contributed by atoms with Crippen molar-refractivity contribution in [3.05, 3.63) is 24.3 Å². The molecule has 0 amide bonds. The zero-order valence-electron chi connectivity index (χ0n) is 12.8. The maximum Gasteiger partial charge on any atom is 0.309 e. The number of carbonyl (C=O) groups is 1. The molecule has 2 N–H and O–H groups in total. The molecule has 0 spiro atoms. The Balaban J connectivity index is 1.79. The summed E-state index contributed by atoms with van der Waals surface area (Å²) in [4.78, 5) is 13.0. The maximum absolute atomic E-state index is 11.0. The number of likely N-dealkylation sites (tertiary alicyclic amines) is 1. The van der Waals surface area contributed by atoms with E-state index in [0.29, 0.717) is 45.0 Å². The zero-order chi connectivity index (χ0) is 15.9. The van der Waals surface area contributed by atoms with Gasteiger partial charge in [-0.3, -0.25) is 9.69 Å². The fraction of sp³-hybridized carbons (Fsp3) is 0.562. The molecule has 1 aromatic carbocycles. The third-order valence-electron chi connectivity index (χ3n) is 3.80. The van der Waals surface area contributed by atoms with E-state index in [-0.39, 0.29) is 0 Å². The molecule has 0 unspecified atom stereocenters. The molecule has 1 saturated heterocycles. The number of carboxylic acid groups (broad SMARTS) is 1. The lowest BCUT2D eigenvalue weighted by atomic mass is 9.94. The number of nitrogens with zero attached hydrogens (tertiary/aromatic N) is 1. The smallest absolute Gasteiger partial charge is 0.309 e. The van der Waals surface area contributed by atoms with Crippen molar-refractivity contribution in [1.82, 2.24) is 4.90 Å². The largest absolute Gasteiger partial charge is 0.490 e. The second-order valence-electron chi connectivity index (χ2n) is 5.33. The number of aliphatic hydroxyl groups is 1. The second-order valence-corrected chi connectivity index (χ2v) is 5.33. The molecule has 1 aliphatic rings. The lowest BCUT2D eigenvalue weighted by molar-refractivity contribution is -0.148. The van der Waals surface area contributed by atoms with Gasteiger partial charge in [0, 0.05) is 13.1 Å². The number of hydrogen-bond donors (Lipinski definition) is 2. The van der Waals surface area contributed by atoms with E-state index >= 15 is 0 Å². The van der Waals surface area contributed by atoms with Crippen molar-refractivity contribution >= 4 is 5.97 Å². The first-order chi connectivity index (χ1) is 10.6. The number of para-hydroxylation sites is 2. The Bertz CT molecular complexity index is 493. The standard InChI is InChI=1S/C16H23NO5/c1-2-21-14-5-3-4-6-15(14)22-10-9-17-8-7-12(16(19)20)13(18)11-17/h3-6,12-13,18H,2,7-11H2,1H3,(H,19,20)/t12-,13+/m0/s1. The van der Waals surface area contributed by atoms with Crippen LogP contribution < -0.4 is 9.47 Å². The number of carboxylic acids is 1. The molecule has 0 saturated carbocycles. The number of piperidine rings is 1. The molecule has 1 aromatic rings. The number of ether oxygens (including phenoxy) is 2. The lowest BCUT2D eigenvalue weighted by Gasteiger charge is -2.33. The minimum atomic E-state index is -0.922. The van der Waals surface area contributed by atoms with Crippen LogP contribution in [0.25, 0.3) is 0 Å². The molecule has 0 aliphatic carbocycles. The third-order valence-corrected chi connectivity index (χ3v) is 3.80. The quantitative estimate of drug-likeness (QED) is 0.789. The van der Waals surface area contributed by atoms with Crippen molar-refractivity contribution in [2.45, 2.75) is 19.4 Å². The van der Waals surface area contributed by atoms with Crippen LogP contribution in [0.1, 0.15) is 13.3 Å². The van der Waals surface area contributed by atoms with Gasteiger partial charge in [-0.2, -0.15) is 0 Å². The number of aliphatic carboxylic acids is 1. The number of β-amino-alcohol motifs (C(OH)–C–C–N with tert-alkyl or cyclic N) is 1. The Kier molecular flexibility index (Phi) is 6.03. The van der Waals surface area contributed by atoms with Gasteiger partial charge in [-0.15, -0.1) is 0 Å². The Morgan fingerprint density at radius 3 is 2.59 bits per heavy atom. The first-order valence-corrected chi connectivity index (χ1v) is 7.59. The monoisotopic (exact) mass is 309 g/mol. The molecule has 1 fully saturated rings. The molecular formula is C16H23NO5. The molecule has 0 radical (unpaired) electrons. The van der Waals surface area contributed by atoms with Crippen LogP contribution in [0.2, 0.25) is 0 Å². The van der Waals surface area contributed by atoms with Crippen molar-refractivity contribution in [2.75, 3.05) is 32.8 Å². The summed E-state index contributed by atoms with van der Waals surface area (Å²) in [5, 5.41) is 18.8. The van der Waals surface area contributed by atoms with E-state index in [0.717, 1.165) is 5.75 Å². The summed E-state index contributed by atoms with van der Waals surface area (Å²) in [7, 11) is 0. The summed E-state index contributed by atoms with van der Waals surface area (Å²) in [5.41, 5.74) is 0. The summed E-state index contributed by atoms with van der Waals surface area (Å²) in [6, 6.07) is 7.50. The molecule has 122 valence electrons. The van der Waals surface area contributed by atoms with Gasteiger partial charge in [0.2, 0.25) is 0 Å². The minimum Gasteiger partial charge on any atom is -0.490 e. The summed E-state index contributed by atoms with van der Waals surface area (Å²) in [6.07, 6.45) is -0.353. The predicted octanol–water partition coefficient (Wildman–Crippen LogP) is 1.23. The predicted molar refractivity (Wildman–Crippen MR) is 81.3 cm³/mol. The maximum atomic E-state index is 11.0. The average Bonchev–Trinajstić information content (AvgIpc) is 2.49. The molecule has 6 heteroatoms. The van der Waals surface area contributed by atoms with Crippen LogP contribution in [-0.2, 0) is 4.79 Å². The Hall–Kier alpha value is -1.79. The van der Waals surface area contributed by atoms with Gasteiger partial charge in [0.15, 0.2) is 11.5 Å². The first-order valence-electron chi connectivity index (χ1n) is 7.59. The summed E-state index contributed by atoms with van der Waals surface area (Å²) < 4.78 is 11.2. The fourth-order valence-corrected chi connectivity index (χ4v) is 2.62. The molecule has 1 aliphatic heterocycles. The van der Waals surface area contributed by atoms with Crippen LogP contribution >= 0.6 is 0 Å². The van der Waals surface area contributed by atoms with Crippen molar-refractivity contribution < 1.29 is 24.5 Å². The number of benzene rings is 1. The van der Waals surface area contributed by atoms with Crippen molar-refractivity contribution in [1.29, 1.82) is 0 Å². The van der Waals surface area contributed by atoms with Gasteiger partial charge in [0.1, 0.15) is 6.61 Å². The average molecular weight is 309 g/mol. The van der Waals surface area contributed by atoms with Gasteiger partial charge in [0.05, 0.1) is 18.6 Å². The van der Waals surface area contributed by atoms with E-state index < -0.39 is 18.0 Å².